The van der Waals surface area contributed by atoms with E-state index in [4.69, 9.17) is 25.8 Å². The van der Waals surface area contributed by atoms with Gasteiger partial charge in [0.1, 0.15) is 17.6 Å². The van der Waals surface area contributed by atoms with Gasteiger partial charge >= 0.3 is 0 Å². The van der Waals surface area contributed by atoms with Crippen molar-refractivity contribution in [3.63, 3.8) is 0 Å². The van der Waals surface area contributed by atoms with Crippen molar-refractivity contribution in [2.45, 2.75) is 18.9 Å². The number of aromatic nitrogens is 1. The molecule has 0 aliphatic carbocycles. The molecule has 0 saturated carbocycles. The van der Waals surface area contributed by atoms with Crippen LogP contribution in [0.2, 0.25) is 0 Å². The van der Waals surface area contributed by atoms with Crippen LogP contribution < -0.4 is 25.8 Å². The Morgan fingerprint density at radius 1 is 1.03 bits per heavy atom. The number of amidine groups is 1. The second-order valence-corrected chi connectivity index (χ2v) is 9.38. The molecule has 0 amide bonds. The van der Waals surface area contributed by atoms with Gasteiger partial charge < -0.3 is 25.8 Å². The maximum atomic E-state index is 15.1. The fraction of sp³-hybridized carbons (Fsp3) is 0.308. The molecule has 4 aliphatic heterocycles. The fourth-order valence-corrected chi connectivity index (χ4v) is 5.10. The Hall–Kier alpha value is -4.32. The Morgan fingerprint density at radius 2 is 1.84 bits per heavy atom. The number of nitrogens with zero attached hydrogens (tertiary/aromatic N) is 5. The van der Waals surface area contributed by atoms with Crippen molar-refractivity contribution in [2.24, 2.45) is 27.1 Å². The van der Waals surface area contributed by atoms with Gasteiger partial charge in [0.15, 0.2) is 28.9 Å². The van der Waals surface area contributed by atoms with E-state index in [0.717, 1.165) is 31.5 Å². The molecule has 1 unspecified atom stereocenters. The van der Waals surface area contributed by atoms with Crippen molar-refractivity contribution >= 4 is 17.3 Å². The lowest BCUT2D eigenvalue weighted by Crippen LogP contribution is -2.52. The highest BCUT2D eigenvalue weighted by atomic mass is 19.2. The molecule has 3 aromatic rings. The zero-order valence-electron chi connectivity index (χ0n) is 20.3. The number of pyridine rings is 1. The van der Waals surface area contributed by atoms with Crippen LogP contribution in [0.25, 0.3) is 11.1 Å². The first-order valence-electron chi connectivity index (χ1n) is 12.2. The van der Waals surface area contributed by atoms with Gasteiger partial charge in [-0.1, -0.05) is 11.3 Å². The molecule has 3 saturated heterocycles. The molecule has 1 aromatic heterocycles. The first kappa shape index (κ1) is 24.0. The largest absolute Gasteiger partial charge is 0.486 e. The third-order valence-electron chi connectivity index (χ3n) is 7.15. The van der Waals surface area contributed by atoms with Crippen LogP contribution in [0.1, 0.15) is 18.4 Å². The Labute approximate surface area is 216 Å². The molecule has 1 atom stereocenters. The standard InChI is InChI=1S/C26H25F2N7O3/c27-23-18(2-4-20(24(23)28)38-22-12-35-7-5-14(22)6-8-35)32-26(33-34-30)17-9-16(11-31-25(17)29)15-1-3-19-21(10-15)37-13-36-19/h1-4,9-11,14,22H,5-8,12-13H2,(H2,29,31)(H2,30,32,33). The van der Waals surface area contributed by atoms with Crippen LogP contribution in [-0.2, 0) is 0 Å². The van der Waals surface area contributed by atoms with E-state index in [2.05, 4.69) is 25.2 Å². The predicted molar refractivity (Wildman–Crippen MR) is 135 cm³/mol. The third kappa shape index (κ3) is 4.47. The number of nitrogens with two attached hydrogens (primary N) is 2. The van der Waals surface area contributed by atoms with E-state index in [9.17, 15) is 0 Å². The Morgan fingerprint density at radius 3 is 2.61 bits per heavy atom. The second-order valence-electron chi connectivity index (χ2n) is 9.38. The highest BCUT2D eigenvalue weighted by Crippen LogP contribution is 2.37. The number of halogens is 2. The lowest BCUT2D eigenvalue weighted by Gasteiger charge is -2.44. The number of piperidine rings is 3. The maximum absolute atomic E-state index is 15.1. The van der Waals surface area contributed by atoms with Gasteiger partial charge in [0, 0.05) is 18.3 Å². The number of benzene rings is 2. The summed E-state index contributed by atoms with van der Waals surface area (Å²) in [6.07, 6.45) is 3.37. The maximum Gasteiger partial charge on any atom is 0.231 e. The summed E-state index contributed by atoms with van der Waals surface area (Å²) in [5.74, 6) is 4.35. The number of ether oxygens (including phenoxy) is 3. The van der Waals surface area contributed by atoms with Gasteiger partial charge in [0.05, 0.1) is 5.56 Å². The molecule has 0 radical (unpaired) electrons. The monoisotopic (exact) mass is 521 g/mol. The van der Waals surface area contributed by atoms with E-state index < -0.39 is 11.6 Å². The van der Waals surface area contributed by atoms with Crippen molar-refractivity contribution in [2.75, 3.05) is 32.2 Å². The van der Waals surface area contributed by atoms with Crippen LogP contribution in [0.5, 0.6) is 17.2 Å². The molecule has 38 heavy (non-hydrogen) atoms. The molecule has 4 N–H and O–H groups in total. The summed E-state index contributed by atoms with van der Waals surface area (Å²) in [6.45, 7) is 2.88. The zero-order chi connectivity index (χ0) is 26.2. The van der Waals surface area contributed by atoms with Crippen molar-refractivity contribution in [1.82, 2.24) is 9.88 Å². The Bertz CT molecular complexity index is 1440. The van der Waals surface area contributed by atoms with Crippen LogP contribution >= 0.6 is 0 Å². The van der Waals surface area contributed by atoms with Crippen LogP contribution in [0.3, 0.4) is 0 Å². The average molecular weight is 522 g/mol. The number of anilines is 1. The van der Waals surface area contributed by atoms with E-state index >= 15 is 8.78 Å². The summed E-state index contributed by atoms with van der Waals surface area (Å²) in [5.41, 5.74) is 7.44. The lowest BCUT2D eigenvalue weighted by atomic mass is 9.86. The molecule has 5 heterocycles. The minimum absolute atomic E-state index is 0.0591. The number of rotatable bonds is 5. The Kier molecular flexibility index (Phi) is 6.24. The topological polar surface area (TPSA) is 133 Å². The molecule has 2 aromatic carbocycles. The lowest BCUT2D eigenvalue weighted by molar-refractivity contribution is -0.00975. The van der Waals surface area contributed by atoms with Crippen molar-refractivity contribution in [3.05, 3.63) is 59.8 Å². The first-order chi connectivity index (χ1) is 18.5. The summed E-state index contributed by atoms with van der Waals surface area (Å²) < 4.78 is 46.9. The van der Waals surface area contributed by atoms with E-state index in [1.807, 2.05) is 6.07 Å². The molecule has 0 spiro atoms. The highest BCUT2D eigenvalue weighted by Gasteiger charge is 2.36. The zero-order valence-corrected chi connectivity index (χ0v) is 20.3. The fourth-order valence-electron chi connectivity index (χ4n) is 5.10. The van der Waals surface area contributed by atoms with Crippen LogP contribution in [0.15, 0.2) is 57.9 Å². The number of nitrogen functional groups attached to an aromatic ring is 1. The molecule has 4 aliphatic rings. The summed E-state index contributed by atoms with van der Waals surface area (Å²) in [4.78, 5) is 10.7. The number of hydrogen-bond acceptors (Lipinski definition) is 8. The van der Waals surface area contributed by atoms with Crippen molar-refractivity contribution in [3.8, 4) is 28.4 Å². The molecule has 3 fully saturated rings. The minimum atomic E-state index is -1.17. The number of fused-ring (bicyclic) bond motifs is 4. The molecule has 7 rings (SSSR count). The summed E-state index contributed by atoms with van der Waals surface area (Å²) in [7, 11) is 0. The van der Waals surface area contributed by atoms with Gasteiger partial charge in [-0.25, -0.2) is 14.4 Å². The SMILES string of the molecule is NN=NC(=Nc1ccc(OC2CN3CCC2CC3)c(F)c1F)c1cc(-c2ccc3c(c2)OCO3)cnc1N. The molecular formula is C26H25F2N7O3. The van der Waals surface area contributed by atoms with Gasteiger partial charge in [-0.2, -0.15) is 4.39 Å². The number of aliphatic imine (C=N–C) groups is 1. The highest BCUT2D eigenvalue weighted by molar-refractivity contribution is 6.05. The number of hydrogen-bond donors (Lipinski definition) is 2. The van der Waals surface area contributed by atoms with Crippen molar-refractivity contribution in [1.29, 1.82) is 0 Å². The molecule has 2 bridgehead atoms. The minimum Gasteiger partial charge on any atom is -0.486 e. The van der Waals surface area contributed by atoms with Crippen LogP contribution in [0.4, 0.5) is 20.3 Å². The molecule has 12 heteroatoms. The summed E-state index contributed by atoms with van der Waals surface area (Å²) >= 11 is 0. The van der Waals surface area contributed by atoms with Gasteiger partial charge in [-0.05, 0) is 67.7 Å². The summed E-state index contributed by atoms with van der Waals surface area (Å²) in [5, 5.41) is 7.11. The molecule has 10 nitrogen and oxygen atoms in total. The van der Waals surface area contributed by atoms with Crippen LogP contribution in [-0.4, -0.2) is 48.3 Å². The molecular weight excluding hydrogens is 496 g/mol. The van der Waals surface area contributed by atoms with Crippen LogP contribution in [0, 0.1) is 17.6 Å². The Balaban J connectivity index is 1.31. The van der Waals surface area contributed by atoms with Gasteiger partial charge in [0.25, 0.3) is 0 Å². The quantitative estimate of drug-likeness (QED) is 0.169. The normalized spacial score (nSPS) is 22.3. The second kappa shape index (κ2) is 9.86. The van der Waals surface area contributed by atoms with E-state index in [0.29, 0.717) is 29.5 Å². The average Bonchev–Trinajstić information content (AvgIpc) is 3.41. The van der Waals surface area contributed by atoms with E-state index in [1.165, 1.54) is 12.1 Å². The van der Waals surface area contributed by atoms with E-state index in [-0.39, 0.29) is 41.6 Å². The van der Waals surface area contributed by atoms with Crippen molar-refractivity contribution < 1.29 is 23.0 Å². The molecule has 196 valence electrons. The van der Waals surface area contributed by atoms with Gasteiger partial charge in [-0.3, -0.25) is 4.90 Å². The smallest absolute Gasteiger partial charge is 0.231 e. The van der Waals surface area contributed by atoms with Gasteiger partial charge in [-0.15, -0.1) is 5.11 Å². The predicted octanol–water partition coefficient (Wildman–Crippen LogP) is 4.21. The van der Waals surface area contributed by atoms with E-state index in [1.54, 1.807) is 24.4 Å². The first-order valence-corrected chi connectivity index (χ1v) is 12.2. The van der Waals surface area contributed by atoms with Gasteiger partial charge in [0.2, 0.25) is 12.6 Å². The third-order valence-corrected chi connectivity index (χ3v) is 7.15. The summed E-state index contributed by atoms with van der Waals surface area (Å²) in [6, 6.07) is 9.76.